The van der Waals surface area contributed by atoms with Crippen LogP contribution in [0.5, 0.6) is 0 Å². The lowest BCUT2D eigenvalue weighted by molar-refractivity contribution is -0.435. The van der Waals surface area contributed by atoms with E-state index in [2.05, 4.69) is 78.2 Å². The molecule has 1 aliphatic heterocycles. The van der Waals surface area contributed by atoms with Gasteiger partial charge in [-0.05, 0) is 19.1 Å². The lowest BCUT2D eigenvalue weighted by Gasteiger charge is -2.23. The summed E-state index contributed by atoms with van der Waals surface area (Å²) in [7, 11) is 2.14. The third kappa shape index (κ3) is 1.90. The zero-order valence-corrected chi connectivity index (χ0v) is 10.8. The normalized spacial score (nSPS) is 14.1. The molecule has 0 saturated heterocycles. The lowest BCUT2D eigenvalue weighted by atomic mass is 10.1. The number of aryl methyl sites for hydroxylation is 1. The van der Waals surface area contributed by atoms with Crippen molar-refractivity contribution in [3.8, 4) is 0 Å². The average molecular weight is 237 g/mol. The Morgan fingerprint density at radius 1 is 1.06 bits per heavy atom. The van der Waals surface area contributed by atoms with E-state index in [0.29, 0.717) is 0 Å². The zero-order valence-electron chi connectivity index (χ0n) is 10.8. The van der Waals surface area contributed by atoms with Crippen molar-refractivity contribution in [1.29, 1.82) is 0 Å². The Hall–Kier alpha value is -2.09. The molecule has 0 spiro atoms. The molecule has 2 aromatic rings. The molecule has 1 aliphatic rings. The summed E-state index contributed by atoms with van der Waals surface area (Å²) in [6.07, 6.45) is 2.23. The first-order valence-electron chi connectivity index (χ1n) is 6.22. The SMILES string of the molecule is Cc1ccc2c(c1)C=[N+](c1ccccc1)CN2C. The molecule has 3 rings (SSSR count). The van der Waals surface area contributed by atoms with E-state index in [-0.39, 0.29) is 0 Å². The lowest BCUT2D eigenvalue weighted by Crippen LogP contribution is -2.32. The number of benzene rings is 2. The van der Waals surface area contributed by atoms with E-state index in [4.69, 9.17) is 0 Å². The van der Waals surface area contributed by atoms with Crippen LogP contribution < -0.4 is 4.90 Å². The first-order chi connectivity index (χ1) is 8.74. The van der Waals surface area contributed by atoms with Crippen LogP contribution in [0.3, 0.4) is 0 Å². The molecule has 0 fully saturated rings. The summed E-state index contributed by atoms with van der Waals surface area (Å²) in [6, 6.07) is 17.1. The molecular formula is C16H17N2+. The predicted octanol–water partition coefficient (Wildman–Crippen LogP) is 3.17. The summed E-state index contributed by atoms with van der Waals surface area (Å²) < 4.78 is 2.28. The van der Waals surface area contributed by atoms with Gasteiger partial charge in [-0.15, -0.1) is 0 Å². The van der Waals surface area contributed by atoms with Crippen molar-refractivity contribution >= 4 is 17.6 Å². The van der Waals surface area contributed by atoms with Gasteiger partial charge in [0.15, 0.2) is 6.21 Å². The third-order valence-electron chi connectivity index (χ3n) is 3.34. The molecule has 0 amide bonds. The molecule has 2 heteroatoms. The van der Waals surface area contributed by atoms with Crippen LogP contribution in [0.4, 0.5) is 11.4 Å². The fourth-order valence-corrected chi connectivity index (χ4v) is 2.41. The van der Waals surface area contributed by atoms with Gasteiger partial charge in [-0.1, -0.05) is 29.8 Å². The second-order valence-corrected chi connectivity index (χ2v) is 4.84. The highest BCUT2D eigenvalue weighted by molar-refractivity contribution is 5.87. The van der Waals surface area contributed by atoms with Gasteiger partial charge in [0.1, 0.15) is 0 Å². The maximum atomic E-state index is 2.28. The standard InChI is InChI=1S/C16H17N2/c1-13-8-9-16-14(10-13)11-18(12-17(16)2)15-6-4-3-5-7-15/h3-11H,12H2,1-2H3/q+1. The monoisotopic (exact) mass is 237 g/mol. The minimum atomic E-state index is 0.889. The van der Waals surface area contributed by atoms with Gasteiger partial charge < -0.3 is 4.90 Å². The van der Waals surface area contributed by atoms with E-state index >= 15 is 0 Å². The van der Waals surface area contributed by atoms with Gasteiger partial charge in [0.05, 0.1) is 11.3 Å². The van der Waals surface area contributed by atoms with E-state index in [1.807, 2.05) is 0 Å². The largest absolute Gasteiger partial charge is 0.319 e. The molecule has 1 heterocycles. The highest BCUT2D eigenvalue weighted by Gasteiger charge is 2.21. The molecular weight excluding hydrogens is 220 g/mol. The minimum absolute atomic E-state index is 0.889. The summed E-state index contributed by atoms with van der Waals surface area (Å²) in [5, 5.41) is 0. The van der Waals surface area contributed by atoms with Gasteiger partial charge in [-0.25, -0.2) is 0 Å². The number of anilines is 1. The molecule has 0 aromatic heterocycles. The number of hydrogen-bond donors (Lipinski definition) is 0. The maximum Gasteiger partial charge on any atom is 0.224 e. The smallest absolute Gasteiger partial charge is 0.224 e. The van der Waals surface area contributed by atoms with Crippen molar-refractivity contribution in [2.75, 3.05) is 18.6 Å². The van der Waals surface area contributed by atoms with Crippen LogP contribution in [-0.4, -0.2) is 24.5 Å². The topological polar surface area (TPSA) is 6.25 Å². The molecule has 90 valence electrons. The van der Waals surface area contributed by atoms with Crippen LogP contribution in [0.15, 0.2) is 48.5 Å². The minimum Gasteiger partial charge on any atom is -0.319 e. The Bertz CT molecular complexity index is 600. The van der Waals surface area contributed by atoms with Crippen LogP contribution in [0, 0.1) is 6.92 Å². The Kier molecular flexibility index (Phi) is 2.63. The van der Waals surface area contributed by atoms with E-state index < -0.39 is 0 Å². The van der Waals surface area contributed by atoms with Crippen molar-refractivity contribution in [2.24, 2.45) is 0 Å². The Balaban J connectivity index is 2.10. The van der Waals surface area contributed by atoms with Gasteiger partial charge in [0, 0.05) is 19.2 Å². The van der Waals surface area contributed by atoms with Crippen LogP contribution >= 0.6 is 0 Å². The molecule has 0 atom stereocenters. The van der Waals surface area contributed by atoms with Gasteiger partial charge in [-0.2, -0.15) is 4.58 Å². The van der Waals surface area contributed by atoms with Gasteiger partial charge >= 0.3 is 0 Å². The molecule has 2 nitrogen and oxygen atoms in total. The van der Waals surface area contributed by atoms with Crippen molar-refractivity contribution < 1.29 is 4.58 Å². The molecule has 0 aliphatic carbocycles. The molecule has 2 aromatic carbocycles. The van der Waals surface area contributed by atoms with E-state index in [1.54, 1.807) is 0 Å². The van der Waals surface area contributed by atoms with Gasteiger partial charge in [0.2, 0.25) is 12.4 Å². The second-order valence-electron chi connectivity index (χ2n) is 4.84. The quantitative estimate of drug-likeness (QED) is 0.690. The molecule has 0 bridgehead atoms. The molecule has 0 N–H and O–H groups in total. The summed E-state index contributed by atoms with van der Waals surface area (Å²) in [6.45, 7) is 3.02. The van der Waals surface area contributed by atoms with E-state index in [0.717, 1.165) is 6.67 Å². The van der Waals surface area contributed by atoms with E-state index in [9.17, 15) is 0 Å². The van der Waals surface area contributed by atoms with Crippen molar-refractivity contribution in [3.05, 3.63) is 59.7 Å². The highest BCUT2D eigenvalue weighted by atomic mass is 15.3. The first kappa shape index (κ1) is 11.0. The average Bonchev–Trinajstić information content (AvgIpc) is 2.39. The van der Waals surface area contributed by atoms with Crippen LogP contribution in [-0.2, 0) is 0 Å². The molecule has 0 radical (unpaired) electrons. The highest BCUT2D eigenvalue weighted by Crippen LogP contribution is 2.24. The predicted molar refractivity (Wildman–Crippen MR) is 76.0 cm³/mol. The number of nitrogens with zero attached hydrogens (tertiary/aromatic N) is 2. The van der Waals surface area contributed by atoms with Crippen molar-refractivity contribution in [3.63, 3.8) is 0 Å². The van der Waals surface area contributed by atoms with Gasteiger partial charge in [-0.3, -0.25) is 0 Å². The number of para-hydroxylation sites is 1. The van der Waals surface area contributed by atoms with Crippen molar-refractivity contribution in [2.45, 2.75) is 6.92 Å². The van der Waals surface area contributed by atoms with Crippen LogP contribution in [0.25, 0.3) is 0 Å². The fraction of sp³-hybridized carbons (Fsp3) is 0.188. The summed E-state index contributed by atoms with van der Waals surface area (Å²) in [4.78, 5) is 2.28. The van der Waals surface area contributed by atoms with Crippen molar-refractivity contribution in [1.82, 2.24) is 0 Å². The molecule has 0 saturated carbocycles. The summed E-state index contributed by atoms with van der Waals surface area (Å²) in [5.74, 6) is 0. The maximum absolute atomic E-state index is 2.28. The Morgan fingerprint density at radius 2 is 1.83 bits per heavy atom. The summed E-state index contributed by atoms with van der Waals surface area (Å²) >= 11 is 0. The van der Waals surface area contributed by atoms with E-state index in [1.165, 1.54) is 22.5 Å². The molecule has 0 unspecified atom stereocenters. The number of rotatable bonds is 1. The molecule has 18 heavy (non-hydrogen) atoms. The van der Waals surface area contributed by atoms with Gasteiger partial charge in [0.25, 0.3) is 0 Å². The van der Waals surface area contributed by atoms with Crippen LogP contribution in [0.2, 0.25) is 0 Å². The number of hydrogen-bond acceptors (Lipinski definition) is 1. The first-order valence-corrected chi connectivity index (χ1v) is 6.22. The Morgan fingerprint density at radius 3 is 2.61 bits per heavy atom. The Labute approximate surface area is 108 Å². The fourth-order valence-electron chi connectivity index (χ4n) is 2.41. The van der Waals surface area contributed by atoms with Crippen LogP contribution in [0.1, 0.15) is 11.1 Å². The summed E-state index contributed by atoms with van der Waals surface area (Å²) in [5.41, 5.74) is 5.12. The second kappa shape index (κ2) is 4.30. The third-order valence-corrected chi connectivity index (χ3v) is 3.34. The number of fused-ring (bicyclic) bond motifs is 1. The zero-order chi connectivity index (χ0) is 12.5.